The molecule has 0 bridgehead atoms. The van der Waals surface area contributed by atoms with Gasteiger partial charge in [0.05, 0.1) is 23.0 Å². The van der Waals surface area contributed by atoms with Gasteiger partial charge in [0, 0.05) is 48.7 Å². The Morgan fingerprint density at radius 2 is 1.89 bits per heavy atom. The van der Waals surface area contributed by atoms with E-state index < -0.39 is 29.5 Å². The van der Waals surface area contributed by atoms with Crippen LogP contribution in [0, 0.1) is 5.82 Å². The van der Waals surface area contributed by atoms with Crippen LogP contribution in [0.2, 0.25) is 0 Å². The van der Waals surface area contributed by atoms with Crippen molar-refractivity contribution in [3.05, 3.63) is 90.6 Å². The lowest BCUT2D eigenvalue weighted by Crippen LogP contribution is -2.53. The fourth-order valence-corrected chi connectivity index (χ4v) is 5.90. The second-order valence-electron chi connectivity index (χ2n) is 12.4. The van der Waals surface area contributed by atoms with Gasteiger partial charge in [-0.3, -0.25) is 14.8 Å². The number of aromatic amines is 1. The largest absolute Gasteiger partial charge is 0.444 e. The van der Waals surface area contributed by atoms with Gasteiger partial charge in [-0.1, -0.05) is 17.3 Å². The van der Waals surface area contributed by atoms with Gasteiger partial charge in [-0.05, 0) is 81.5 Å². The molecule has 0 spiro atoms. The molecule has 1 aliphatic heterocycles. The van der Waals surface area contributed by atoms with Crippen LogP contribution in [0.15, 0.2) is 79.3 Å². The van der Waals surface area contributed by atoms with Gasteiger partial charge >= 0.3 is 6.09 Å². The molecular weight excluding hydrogens is 601 g/mol. The van der Waals surface area contributed by atoms with E-state index >= 15 is 4.39 Å². The Bertz CT molecular complexity index is 2110. The Hall–Kier alpha value is -5.72. The van der Waals surface area contributed by atoms with Gasteiger partial charge in [0.1, 0.15) is 22.8 Å². The summed E-state index contributed by atoms with van der Waals surface area (Å²) in [7, 11) is 0. The number of H-pyrrole nitrogens is 1. The van der Waals surface area contributed by atoms with Gasteiger partial charge in [-0.25, -0.2) is 19.2 Å². The van der Waals surface area contributed by atoms with E-state index in [1.807, 2.05) is 51.1 Å². The summed E-state index contributed by atoms with van der Waals surface area (Å²) in [4.78, 5) is 39.9. The molecule has 0 radical (unpaired) electrons. The van der Waals surface area contributed by atoms with Crippen LogP contribution in [-0.4, -0.2) is 76.8 Å². The summed E-state index contributed by atoms with van der Waals surface area (Å²) < 4.78 is 23.1. The predicted molar refractivity (Wildman–Crippen MR) is 174 cm³/mol. The average molecular weight is 634 g/mol. The quantitative estimate of drug-likeness (QED) is 0.247. The van der Waals surface area contributed by atoms with Crippen molar-refractivity contribution < 1.29 is 18.7 Å². The second-order valence-corrected chi connectivity index (χ2v) is 12.4. The van der Waals surface area contributed by atoms with Crippen LogP contribution >= 0.6 is 0 Å². The number of halogens is 1. The number of piperidine rings is 1. The molecule has 12 nitrogen and oxygen atoms in total. The number of ether oxygens (including phenoxy) is 1. The maximum atomic E-state index is 16.0. The van der Waals surface area contributed by atoms with Gasteiger partial charge in [0.2, 0.25) is 0 Å². The van der Waals surface area contributed by atoms with Crippen LogP contribution in [0.5, 0.6) is 0 Å². The standard InChI is InChI=1S/C34H32FN9O3/c1-34(2,3)47-33(46)42-17-5-6-24(20-42)43(30-26-18-22(28-13-16-38-39-28)9-8-21(26)12-15-37-30)32(45)25-11-10-23(19-27(25)35)44-31-29(40-41-44)7-4-14-36-31/h4,7-16,18-19,24H,5-6,17,20H2,1-3H3,(H,38,39)/t24-/m1/s1. The molecule has 238 valence electrons. The minimum Gasteiger partial charge on any atom is -0.444 e. The number of hydrogen-bond donors (Lipinski definition) is 1. The number of aromatic nitrogens is 7. The predicted octanol–water partition coefficient (Wildman–Crippen LogP) is 5.94. The number of fused-ring (bicyclic) bond motifs is 2. The molecule has 4 aromatic heterocycles. The number of carbonyl (C=O) groups is 2. The molecule has 13 heteroatoms. The highest BCUT2D eigenvalue weighted by Crippen LogP contribution is 2.34. The number of anilines is 1. The van der Waals surface area contributed by atoms with E-state index in [2.05, 4.69) is 25.5 Å². The second kappa shape index (κ2) is 11.9. The fourth-order valence-electron chi connectivity index (χ4n) is 5.90. The summed E-state index contributed by atoms with van der Waals surface area (Å²) in [5.41, 5.74) is 2.20. The molecule has 0 unspecified atom stereocenters. The lowest BCUT2D eigenvalue weighted by Gasteiger charge is -2.39. The summed E-state index contributed by atoms with van der Waals surface area (Å²) in [6.45, 7) is 6.09. The smallest absolute Gasteiger partial charge is 0.410 e. The molecule has 5 heterocycles. The first-order valence-electron chi connectivity index (χ1n) is 15.3. The molecule has 7 rings (SSSR count). The number of nitrogens with one attached hydrogen (secondary N) is 1. The summed E-state index contributed by atoms with van der Waals surface area (Å²) in [5, 5.41) is 16.8. The Morgan fingerprint density at radius 1 is 1.02 bits per heavy atom. The zero-order valence-electron chi connectivity index (χ0n) is 26.1. The van der Waals surface area contributed by atoms with Gasteiger partial charge in [-0.2, -0.15) is 9.78 Å². The molecule has 2 aromatic carbocycles. The number of rotatable bonds is 5. The first-order valence-corrected chi connectivity index (χ1v) is 15.3. The third kappa shape index (κ3) is 5.87. The zero-order valence-corrected chi connectivity index (χ0v) is 26.1. The number of nitrogens with zero attached hydrogens (tertiary/aromatic N) is 8. The van der Waals surface area contributed by atoms with E-state index in [0.717, 1.165) is 16.6 Å². The average Bonchev–Trinajstić information content (AvgIpc) is 3.75. The van der Waals surface area contributed by atoms with Crippen LogP contribution in [-0.2, 0) is 4.74 Å². The number of likely N-dealkylation sites (tertiary alicyclic amines) is 1. The monoisotopic (exact) mass is 633 g/mol. The molecular formula is C34H32FN9O3. The SMILES string of the molecule is CC(C)(C)OC(=O)N1CCC[C@@H](N(C(=O)c2ccc(-n3nnc4cccnc43)cc2F)c2nccc3ccc(-c4ccn[nH]4)cc23)C1. The highest BCUT2D eigenvalue weighted by atomic mass is 19.1. The van der Waals surface area contributed by atoms with E-state index in [1.165, 1.54) is 21.7 Å². The number of carbonyl (C=O) groups excluding carboxylic acids is 2. The van der Waals surface area contributed by atoms with Gasteiger partial charge in [0.25, 0.3) is 5.91 Å². The van der Waals surface area contributed by atoms with Crippen molar-refractivity contribution in [3.63, 3.8) is 0 Å². The summed E-state index contributed by atoms with van der Waals surface area (Å²) >= 11 is 0. The minimum absolute atomic E-state index is 0.149. The van der Waals surface area contributed by atoms with Crippen molar-refractivity contribution in [1.29, 1.82) is 0 Å². The van der Waals surface area contributed by atoms with E-state index in [-0.39, 0.29) is 12.1 Å². The molecule has 0 aliphatic carbocycles. The van der Waals surface area contributed by atoms with E-state index in [1.54, 1.807) is 41.7 Å². The first-order chi connectivity index (χ1) is 22.7. The lowest BCUT2D eigenvalue weighted by atomic mass is 10.0. The summed E-state index contributed by atoms with van der Waals surface area (Å²) in [5.74, 6) is -0.964. The van der Waals surface area contributed by atoms with Crippen molar-refractivity contribution in [3.8, 4) is 16.9 Å². The van der Waals surface area contributed by atoms with Crippen molar-refractivity contribution in [2.45, 2.75) is 45.3 Å². The highest BCUT2D eigenvalue weighted by Gasteiger charge is 2.36. The van der Waals surface area contributed by atoms with E-state index in [0.29, 0.717) is 47.4 Å². The normalized spacial score (nSPS) is 15.2. The van der Waals surface area contributed by atoms with Gasteiger partial charge in [-0.15, -0.1) is 5.10 Å². The lowest BCUT2D eigenvalue weighted by molar-refractivity contribution is 0.0196. The van der Waals surface area contributed by atoms with Crippen LogP contribution in [0.1, 0.15) is 44.0 Å². The minimum atomic E-state index is -0.740. The fraction of sp³-hybridized carbons (Fsp3) is 0.265. The molecule has 0 saturated carbocycles. The Kier molecular flexibility index (Phi) is 7.58. The molecule has 47 heavy (non-hydrogen) atoms. The van der Waals surface area contributed by atoms with Crippen molar-refractivity contribution >= 4 is 39.8 Å². The Morgan fingerprint density at radius 3 is 2.68 bits per heavy atom. The molecule has 1 atom stereocenters. The maximum absolute atomic E-state index is 16.0. The molecule has 6 aromatic rings. The van der Waals surface area contributed by atoms with E-state index in [9.17, 15) is 9.59 Å². The van der Waals surface area contributed by atoms with Crippen molar-refractivity contribution in [1.82, 2.24) is 40.1 Å². The summed E-state index contributed by atoms with van der Waals surface area (Å²) in [6, 6.07) is 16.8. The van der Waals surface area contributed by atoms with Crippen LogP contribution in [0.4, 0.5) is 15.0 Å². The number of benzene rings is 2. The maximum Gasteiger partial charge on any atom is 0.410 e. The third-order valence-corrected chi connectivity index (χ3v) is 8.05. The van der Waals surface area contributed by atoms with Crippen LogP contribution in [0.25, 0.3) is 38.9 Å². The molecule has 1 N–H and O–H groups in total. The summed E-state index contributed by atoms with van der Waals surface area (Å²) in [6.07, 6.45) is 5.62. The highest BCUT2D eigenvalue weighted by molar-refractivity contribution is 6.11. The van der Waals surface area contributed by atoms with Gasteiger partial charge in [0.15, 0.2) is 5.65 Å². The number of amides is 2. The third-order valence-electron chi connectivity index (χ3n) is 8.05. The first kappa shape index (κ1) is 30.0. The molecule has 1 saturated heterocycles. The number of hydrogen-bond acceptors (Lipinski definition) is 8. The molecule has 2 amide bonds. The Balaban J connectivity index is 1.31. The van der Waals surface area contributed by atoms with Crippen molar-refractivity contribution in [2.24, 2.45) is 0 Å². The van der Waals surface area contributed by atoms with Crippen molar-refractivity contribution in [2.75, 3.05) is 18.0 Å². The number of pyridine rings is 2. The van der Waals surface area contributed by atoms with Crippen LogP contribution < -0.4 is 4.90 Å². The zero-order chi connectivity index (χ0) is 32.7. The molecule has 1 fully saturated rings. The van der Waals surface area contributed by atoms with E-state index in [4.69, 9.17) is 9.72 Å². The Labute approximate surface area is 269 Å². The topological polar surface area (TPSA) is 135 Å². The van der Waals surface area contributed by atoms with Crippen LogP contribution in [0.3, 0.4) is 0 Å². The van der Waals surface area contributed by atoms with Gasteiger partial charge < -0.3 is 9.64 Å². The molecule has 1 aliphatic rings.